The molecule has 4 aliphatic carbocycles. The lowest BCUT2D eigenvalue weighted by Gasteiger charge is -2.59. The van der Waals surface area contributed by atoms with E-state index in [1.54, 1.807) is 0 Å². The van der Waals surface area contributed by atoms with Crippen molar-refractivity contribution >= 4 is 12.0 Å². The number of urea groups is 1. The molecule has 4 bridgehead atoms. The van der Waals surface area contributed by atoms with Crippen LogP contribution in [0.2, 0.25) is 0 Å². The summed E-state index contributed by atoms with van der Waals surface area (Å²) in [4.78, 5) is 28.5. The molecule has 0 aromatic rings. The highest BCUT2D eigenvalue weighted by Crippen LogP contribution is 2.61. The van der Waals surface area contributed by atoms with Crippen LogP contribution in [0.3, 0.4) is 0 Å². The molecule has 1 N–H and O–H groups in total. The number of carboxylic acids is 1. The molecule has 0 radical (unpaired) electrons. The smallest absolute Gasteiger partial charge is 0.324 e. The van der Waals surface area contributed by atoms with Crippen LogP contribution in [0.5, 0.6) is 0 Å². The first-order valence-corrected chi connectivity index (χ1v) is 8.56. The van der Waals surface area contributed by atoms with Gasteiger partial charge in [-0.25, -0.2) is 4.79 Å². The summed E-state index contributed by atoms with van der Waals surface area (Å²) in [5.74, 6) is 0.773. The predicted molar refractivity (Wildman–Crippen MR) is 78.9 cm³/mol. The van der Waals surface area contributed by atoms with Crippen molar-refractivity contribution in [2.75, 3.05) is 6.54 Å². The van der Waals surface area contributed by atoms with Crippen molar-refractivity contribution in [3.05, 3.63) is 12.3 Å². The van der Waals surface area contributed by atoms with Gasteiger partial charge >= 0.3 is 12.0 Å². The fourth-order valence-corrected chi connectivity index (χ4v) is 6.42. The third-order valence-corrected chi connectivity index (χ3v) is 6.98. The van der Waals surface area contributed by atoms with Crippen molar-refractivity contribution in [1.29, 1.82) is 0 Å². The largest absolute Gasteiger partial charge is 0.481 e. The van der Waals surface area contributed by atoms with E-state index in [9.17, 15) is 14.7 Å². The molecule has 2 aliphatic heterocycles. The van der Waals surface area contributed by atoms with Gasteiger partial charge in [-0.1, -0.05) is 6.08 Å². The number of nitrogens with zero attached hydrogens (tertiary/aromatic N) is 2. The SMILES string of the molecule is O=C1N2C=CCC2CN1C1C2CC3CC1CC(C(=O)O)(C3)C2. The molecule has 4 saturated carbocycles. The number of hydrogen-bond acceptors (Lipinski definition) is 2. The van der Waals surface area contributed by atoms with Crippen molar-refractivity contribution in [3.8, 4) is 0 Å². The number of rotatable bonds is 2. The fourth-order valence-electron chi connectivity index (χ4n) is 6.42. The van der Waals surface area contributed by atoms with Gasteiger partial charge in [0.1, 0.15) is 0 Å². The van der Waals surface area contributed by atoms with E-state index < -0.39 is 11.4 Å². The van der Waals surface area contributed by atoms with Crippen LogP contribution in [-0.2, 0) is 4.79 Å². The van der Waals surface area contributed by atoms with Gasteiger partial charge in [-0.15, -0.1) is 0 Å². The van der Waals surface area contributed by atoms with E-state index in [0.29, 0.717) is 23.8 Å². The molecular formula is C17H22N2O3. The minimum Gasteiger partial charge on any atom is -0.481 e. The second kappa shape index (κ2) is 4.06. The Morgan fingerprint density at radius 1 is 1.23 bits per heavy atom. The van der Waals surface area contributed by atoms with Crippen molar-refractivity contribution in [2.45, 2.75) is 50.6 Å². The summed E-state index contributed by atoms with van der Waals surface area (Å²) < 4.78 is 0. The van der Waals surface area contributed by atoms with E-state index in [4.69, 9.17) is 0 Å². The van der Waals surface area contributed by atoms with Gasteiger partial charge in [-0.2, -0.15) is 0 Å². The molecule has 0 spiro atoms. The van der Waals surface area contributed by atoms with Crippen LogP contribution in [0.15, 0.2) is 12.3 Å². The number of carbonyl (C=O) groups is 2. The Morgan fingerprint density at radius 3 is 2.59 bits per heavy atom. The molecule has 22 heavy (non-hydrogen) atoms. The molecule has 2 amide bonds. The molecule has 6 aliphatic rings. The Labute approximate surface area is 129 Å². The molecule has 3 unspecified atom stereocenters. The topological polar surface area (TPSA) is 60.9 Å². The first kappa shape index (κ1) is 13.0. The predicted octanol–water partition coefficient (Wildman–Crippen LogP) is 2.29. The summed E-state index contributed by atoms with van der Waals surface area (Å²) in [6.45, 7) is 0.828. The quantitative estimate of drug-likeness (QED) is 0.851. The van der Waals surface area contributed by atoms with Gasteiger partial charge < -0.3 is 10.0 Å². The highest BCUT2D eigenvalue weighted by molar-refractivity contribution is 5.80. The summed E-state index contributed by atoms with van der Waals surface area (Å²) >= 11 is 0. The number of carbonyl (C=O) groups excluding carboxylic acids is 1. The van der Waals surface area contributed by atoms with Gasteiger partial charge in [0.2, 0.25) is 0 Å². The molecule has 5 fully saturated rings. The molecule has 6 rings (SSSR count). The van der Waals surface area contributed by atoms with E-state index in [2.05, 4.69) is 11.0 Å². The lowest BCUT2D eigenvalue weighted by Crippen LogP contribution is -2.61. The first-order chi connectivity index (χ1) is 10.6. The lowest BCUT2D eigenvalue weighted by atomic mass is 9.47. The summed E-state index contributed by atoms with van der Waals surface area (Å²) in [6.07, 6.45) is 9.66. The Bertz CT molecular complexity index is 570. The number of aliphatic carboxylic acids is 1. The molecule has 3 atom stereocenters. The molecule has 1 saturated heterocycles. The van der Waals surface area contributed by atoms with Crippen molar-refractivity contribution in [3.63, 3.8) is 0 Å². The molecular weight excluding hydrogens is 280 g/mol. The number of carboxylic acid groups (broad SMARTS) is 1. The maximum atomic E-state index is 12.7. The zero-order valence-electron chi connectivity index (χ0n) is 12.6. The zero-order valence-corrected chi connectivity index (χ0v) is 12.6. The maximum Gasteiger partial charge on any atom is 0.324 e. The van der Waals surface area contributed by atoms with Gasteiger partial charge in [0, 0.05) is 18.8 Å². The molecule has 5 heteroatoms. The van der Waals surface area contributed by atoms with E-state index in [1.165, 1.54) is 0 Å². The van der Waals surface area contributed by atoms with Crippen LogP contribution in [0.25, 0.3) is 0 Å². The van der Waals surface area contributed by atoms with E-state index in [0.717, 1.165) is 45.1 Å². The van der Waals surface area contributed by atoms with Crippen molar-refractivity contribution in [1.82, 2.24) is 9.80 Å². The zero-order chi connectivity index (χ0) is 15.1. The third kappa shape index (κ3) is 1.49. The van der Waals surface area contributed by atoms with Crippen LogP contribution < -0.4 is 0 Å². The molecule has 0 aromatic heterocycles. The van der Waals surface area contributed by atoms with Gasteiger partial charge in [-0.05, 0) is 56.3 Å². The van der Waals surface area contributed by atoms with Gasteiger partial charge in [0.25, 0.3) is 0 Å². The summed E-state index contributed by atoms with van der Waals surface area (Å²) in [5, 5.41) is 9.72. The number of hydrogen-bond donors (Lipinski definition) is 1. The highest BCUT2D eigenvalue weighted by atomic mass is 16.4. The Hall–Kier alpha value is -1.52. The Morgan fingerprint density at radius 2 is 1.95 bits per heavy atom. The van der Waals surface area contributed by atoms with E-state index >= 15 is 0 Å². The Kier molecular flexibility index (Phi) is 2.39. The first-order valence-electron chi connectivity index (χ1n) is 8.56. The monoisotopic (exact) mass is 302 g/mol. The second-order valence-corrected chi connectivity index (χ2v) is 8.16. The molecule has 2 heterocycles. The summed E-state index contributed by atoms with van der Waals surface area (Å²) in [6, 6.07) is 0.759. The van der Waals surface area contributed by atoms with Crippen LogP contribution in [0, 0.1) is 23.2 Å². The molecule has 5 nitrogen and oxygen atoms in total. The van der Waals surface area contributed by atoms with Crippen LogP contribution in [0.1, 0.15) is 38.5 Å². The highest BCUT2D eigenvalue weighted by Gasteiger charge is 2.61. The number of amides is 2. The third-order valence-electron chi connectivity index (χ3n) is 6.98. The standard InChI is InChI=1S/C17H22N2O3/c20-15(21)17-6-10-4-11(7-17)14(12(5-10)8-17)19-9-13-2-1-3-18(13)16(19)22/h1,3,10-14H,2,4-9H2,(H,20,21). The summed E-state index contributed by atoms with van der Waals surface area (Å²) in [7, 11) is 0. The van der Waals surface area contributed by atoms with Crippen LogP contribution in [0.4, 0.5) is 4.79 Å². The Balaban J connectivity index is 1.45. The average molecular weight is 302 g/mol. The lowest BCUT2D eigenvalue weighted by molar-refractivity contribution is -0.170. The molecule has 118 valence electrons. The van der Waals surface area contributed by atoms with Crippen LogP contribution >= 0.6 is 0 Å². The van der Waals surface area contributed by atoms with Gasteiger partial charge in [-0.3, -0.25) is 9.69 Å². The second-order valence-electron chi connectivity index (χ2n) is 8.16. The minimum absolute atomic E-state index is 0.153. The fraction of sp³-hybridized carbons (Fsp3) is 0.765. The van der Waals surface area contributed by atoms with Crippen LogP contribution in [-0.4, -0.2) is 45.5 Å². The average Bonchev–Trinajstić information content (AvgIpc) is 3.02. The molecule has 0 aromatic carbocycles. The van der Waals surface area contributed by atoms with Gasteiger partial charge in [0.05, 0.1) is 11.5 Å². The summed E-state index contributed by atoms with van der Waals surface area (Å²) in [5.41, 5.74) is -0.480. The van der Waals surface area contributed by atoms with E-state index in [1.807, 2.05) is 11.1 Å². The van der Waals surface area contributed by atoms with E-state index in [-0.39, 0.29) is 12.1 Å². The minimum atomic E-state index is -0.596. The normalized spacial score (nSPS) is 48.4. The van der Waals surface area contributed by atoms with Crippen molar-refractivity contribution < 1.29 is 14.7 Å². The number of fused-ring (bicyclic) bond motifs is 1. The van der Waals surface area contributed by atoms with Gasteiger partial charge in [0.15, 0.2) is 0 Å². The maximum absolute atomic E-state index is 12.7. The van der Waals surface area contributed by atoms with Crippen molar-refractivity contribution in [2.24, 2.45) is 23.2 Å².